The van der Waals surface area contributed by atoms with Crippen LogP contribution in [-0.4, -0.2) is 45.2 Å². The monoisotopic (exact) mass is 222 g/mol. The van der Waals surface area contributed by atoms with Crippen LogP contribution in [0.1, 0.15) is 5.56 Å². The molecule has 0 fully saturated rings. The highest BCUT2D eigenvalue weighted by atomic mass is 16.5. The largest absolute Gasteiger partial charge is 0.375 e. The number of nitrogens with zero attached hydrogens (tertiary/aromatic N) is 1. The van der Waals surface area contributed by atoms with Crippen LogP contribution in [0.5, 0.6) is 0 Å². The van der Waals surface area contributed by atoms with Crippen molar-refractivity contribution in [1.29, 1.82) is 0 Å². The predicted octanol–water partition coefficient (Wildman–Crippen LogP) is 1.35. The van der Waals surface area contributed by atoms with Crippen LogP contribution >= 0.6 is 0 Å². The van der Waals surface area contributed by atoms with Crippen molar-refractivity contribution in [2.75, 3.05) is 40.3 Å². The number of nitrogens with one attached hydrogen (secondary N) is 1. The zero-order valence-electron chi connectivity index (χ0n) is 10.3. The fourth-order valence-electron chi connectivity index (χ4n) is 1.34. The van der Waals surface area contributed by atoms with Crippen molar-refractivity contribution in [2.24, 2.45) is 0 Å². The number of hydrogen-bond donors (Lipinski definition) is 1. The molecule has 0 aliphatic heterocycles. The minimum Gasteiger partial charge on any atom is -0.375 e. The lowest BCUT2D eigenvalue weighted by molar-refractivity contribution is 0.122. The molecule has 3 nitrogen and oxygen atoms in total. The van der Waals surface area contributed by atoms with E-state index in [-0.39, 0.29) is 0 Å². The standard InChI is InChI=1S/C13H22N2O/c1-15(2)10-8-14-9-11-16-12-13-6-4-3-5-7-13/h3-7,14H,8-12H2,1-2H3. The quantitative estimate of drug-likeness (QED) is 0.672. The fraction of sp³-hybridized carbons (Fsp3) is 0.538. The molecule has 0 heterocycles. The first kappa shape index (κ1) is 13.2. The Bertz CT molecular complexity index is 262. The van der Waals surface area contributed by atoms with Gasteiger partial charge in [0.1, 0.15) is 0 Å². The van der Waals surface area contributed by atoms with Crippen LogP contribution < -0.4 is 5.32 Å². The van der Waals surface area contributed by atoms with Gasteiger partial charge in [-0.1, -0.05) is 30.3 Å². The summed E-state index contributed by atoms with van der Waals surface area (Å²) in [6.45, 7) is 4.47. The molecule has 0 saturated heterocycles. The van der Waals surface area contributed by atoms with E-state index in [0.29, 0.717) is 6.61 Å². The molecule has 3 heteroatoms. The molecule has 0 aliphatic rings. The van der Waals surface area contributed by atoms with Gasteiger partial charge in [-0.05, 0) is 19.7 Å². The van der Waals surface area contributed by atoms with Gasteiger partial charge in [-0.15, -0.1) is 0 Å². The highest BCUT2D eigenvalue weighted by Gasteiger charge is 1.92. The molecular weight excluding hydrogens is 200 g/mol. The summed E-state index contributed by atoms with van der Waals surface area (Å²) in [7, 11) is 4.15. The second-order valence-electron chi connectivity index (χ2n) is 4.09. The molecular formula is C13H22N2O. The van der Waals surface area contributed by atoms with Gasteiger partial charge in [0, 0.05) is 19.6 Å². The number of benzene rings is 1. The lowest BCUT2D eigenvalue weighted by Gasteiger charge is -2.10. The summed E-state index contributed by atoms with van der Waals surface area (Å²) in [5.74, 6) is 0. The lowest BCUT2D eigenvalue weighted by Crippen LogP contribution is -2.28. The first-order valence-corrected chi connectivity index (χ1v) is 5.76. The average molecular weight is 222 g/mol. The molecule has 0 radical (unpaired) electrons. The molecule has 1 aromatic carbocycles. The van der Waals surface area contributed by atoms with E-state index in [1.54, 1.807) is 0 Å². The summed E-state index contributed by atoms with van der Waals surface area (Å²) < 4.78 is 5.55. The lowest BCUT2D eigenvalue weighted by atomic mass is 10.2. The summed E-state index contributed by atoms with van der Waals surface area (Å²) in [6, 6.07) is 10.3. The first-order valence-electron chi connectivity index (χ1n) is 5.76. The minimum atomic E-state index is 0.705. The third-order valence-corrected chi connectivity index (χ3v) is 2.27. The molecule has 0 unspecified atom stereocenters. The smallest absolute Gasteiger partial charge is 0.0717 e. The molecule has 0 bridgehead atoms. The van der Waals surface area contributed by atoms with E-state index >= 15 is 0 Å². The number of likely N-dealkylation sites (N-methyl/N-ethyl adjacent to an activating group) is 1. The molecule has 0 aromatic heterocycles. The van der Waals surface area contributed by atoms with Crippen molar-refractivity contribution in [3.8, 4) is 0 Å². The Morgan fingerprint density at radius 1 is 1.12 bits per heavy atom. The minimum absolute atomic E-state index is 0.705. The number of hydrogen-bond acceptors (Lipinski definition) is 3. The van der Waals surface area contributed by atoms with Crippen LogP contribution in [0.2, 0.25) is 0 Å². The highest BCUT2D eigenvalue weighted by Crippen LogP contribution is 1.99. The number of ether oxygens (including phenoxy) is 1. The maximum Gasteiger partial charge on any atom is 0.0717 e. The second kappa shape index (κ2) is 8.28. The molecule has 0 saturated carbocycles. The van der Waals surface area contributed by atoms with Gasteiger partial charge in [-0.25, -0.2) is 0 Å². The first-order chi connectivity index (χ1) is 7.79. The SMILES string of the molecule is CN(C)CCNCCOCc1ccccc1. The van der Waals surface area contributed by atoms with E-state index in [1.807, 2.05) is 18.2 Å². The topological polar surface area (TPSA) is 24.5 Å². The van der Waals surface area contributed by atoms with Crippen LogP contribution in [-0.2, 0) is 11.3 Å². The summed E-state index contributed by atoms with van der Waals surface area (Å²) in [5.41, 5.74) is 1.23. The number of rotatable bonds is 8. The van der Waals surface area contributed by atoms with Crippen molar-refractivity contribution in [3.05, 3.63) is 35.9 Å². The Morgan fingerprint density at radius 3 is 2.56 bits per heavy atom. The van der Waals surface area contributed by atoms with E-state index < -0.39 is 0 Å². The van der Waals surface area contributed by atoms with Crippen LogP contribution in [0.15, 0.2) is 30.3 Å². The van der Waals surface area contributed by atoms with Crippen LogP contribution in [0.4, 0.5) is 0 Å². The average Bonchev–Trinajstić information content (AvgIpc) is 2.29. The molecule has 1 aromatic rings. The molecule has 1 N–H and O–H groups in total. The fourth-order valence-corrected chi connectivity index (χ4v) is 1.34. The Balaban J connectivity index is 1.93. The van der Waals surface area contributed by atoms with Gasteiger partial charge in [-0.3, -0.25) is 0 Å². The van der Waals surface area contributed by atoms with Crippen molar-refractivity contribution < 1.29 is 4.74 Å². The van der Waals surface area contributed by atoms with Gasteiger partial charge in [0.25, 0.3) is 0 Å². The van der Waals surface area contributed by atoms with Crippen LogP contribution in [0.3, 0.4) is 0 Å². The van der Waals surface area contributed by atoms with E-state index in [0.717, 1.165) is 26.2 Å². The predicted molar refractivity (Wildman–Crippen MR) is 67.5 cm³/mol. The molecule has 90 valence electrons. The second-order valence-corrected chi connectivity index (χ2v) is 4.09. The molecule has 0 atom stereocenters. The Hall–Kier alpha value is -0.900. The molecule has 16 heavy (non-hydrogen) atoms. The Labute approximate surface area is 98.4 Å². The van der Waals surface area contributed by atoms with Crippen molar-refractivity contribution in [3.63, 3.8) is 0 Å². The van der Waals surface area contributed by atoms with Crippen LogP contribution in [0, 0.1) is 0 Å². The van der Waals surface area contributed by atoms with E-state index in [9.17, 15) is 0 Å². The maximum absolute atomic E-state index is 5.55. The van der Waals surface area contributed by atoms with Gasteiger partial charge in [-0.2, -0.15) is 0 Å². The van der Waals surface area contributed by atoms with Crippen molar-refractivity contribution in [2.45, 2.75) is 6.61 Å². The molecule has 0 amide bonds. The molecule has 0 spiro atoms. The van der Waals surface area contributed by atoms with Gasteiger partial charge in [0.2, 0.25) is 0 Å². The van der Waals surface area contributed by atoms with Crippen molar-refractivity contribution >= 4 is 0 Å². The highest BCUT2D eigenvalue weighted by molar-refractivity contribution is 5.13. The summed E-state index contributed by atoms with van der Waals surface area (Å²) in [5, 5.41) is 3.34. The summed E-state index contributed by atoms with van der Waals surface area (Å²) in [4.78, 5) is 2.16. The Morgan fingerprint density at radius 2 is 1.88 bits per heavy atom. The molecule has 0 aliphatic carbocycles. The normalized spacial score (nSPS) is 10.9. The zero-order chi connectivity index (χ0) is 11.6. The van der Waals surface area contributed by atoms with E-state index in [4.69, 9.17) is 4.74 Å². The van der Waals surface area contributed by atoms with Gasteiger partial charge in [0.05, 0.1) is 13.2 Å². The van der Waals surface area contributed by atoms with Gasteiger partial charge in [0.15, 0.2) is 0 Å². The maximum atomic E-state index is 5.55. The third kappa shape index (κ3) is 6.56. The Kier molecular flexibility index (Phi) is 6.81. The van der Waals surface area contributed by atoms with E-state index in [1.165, 1.54) is 5.56 Å². The molecule has 1 rings (SSSR count). The van der Waals surface area contributed by atoms with E-state index in [2.05, 4.69) is 36.4 Å². The summed E-state index contributed by atoms with van der Waals surface area (Å²) >= 11 is 0. The zero-order valence-corrected chi connectivity index (χ0v) is 10.3. The van der Waals surface area contributed by atoms with Gasteiger partial charge < -0.3 is 15.0 Å². The van der Waals surface area contributed by atoms with Gasteiger partial charge >= 0.3 is 0 Å². The third-order valence-electron chi connectivity index (χ3n) is 2.27. The summed E-state index contributed by atoms with van der Waals surface area (Å²) in [6.07, 6.45) is 0. The van der Waals surface area contributed by atoms with Crippen molar-refractivity contribution in [1.82, 2.24) is 10.2 Å². The van der Waals surface area contributed by atoms with Crippen LogP contribution in [0.25, 0.3) is 0 Å².